The molecule has 2 N–H and O–H groups in total. The number of amides is 2. The Kier molecular flexibility index (Phi) is 6.94. The van der Waals surface area contributed by atoms with E-state index in [1.807, 2.05) is 6.92 Å². The first kappa shape index (κ1) is 23.0. The van der Waals surface area contributed by atoms with Crippen LogP contribution in [-0.2, 0) is 18.9 Å². The van der Waals surface area contributed by atoms with Crippen LogP contribution in [0.2, 0.25) is 5.02 Å². The van der Waals surface area contributed by atoms with Gasteiger partial charge < -0.3 is 4.74 Å². The van der Waals surface area contributed by atoms with Crippen molar-refractivity contribution < 1.29 is 14.3 Å². The minimum atomic E-state index is -0.642. The highest BCUT2D eigenvalue weighted by Crippen LogP contribution is 2.21. The van der Waals surface area contributed by atoms with Gasteiger partial charge in [-0.2, -0.15) is 0 Å². The Morgan fingerprint density at radius 2 is 1.88 bits per heavy atom. The van der Waals surface area contributed by atoms with E-state index in [1.54, 1.807) is 18.2 Å². The van der Waals surface area contributed by atoms with Gasteiger partial charge in [-0.1, -0.05) is 11.6 Å². The highest BCUT2D eigenvalue weighted by molar-refractivity contribution is 6.30. The molecule has 32 heavy (non-hydrogen) atoms. The Labute approximate surface area is 187 Å². The lowest BCUT2D eigenvalue weighted by Gasteiger charge is -2.10. The summed E-state index contributed by atoms with van der Waals surface area (Å²) in [5.74, 6) is -0.353. The van der Waals surface area contributed by atoms with Gasteiger partial charge in [0, 0.05) is 31.7 Å². The number of nitrogens with zero attached hydrogens (tertiary/aromatic N) is 3. The second-order valence-corrected chi connectivity index (χ2v) is 7.60. The van der Waals surface area contributed by atoms with Crippen LogP contribution in [0.5, 0.6) is 5.75 Å². The average Bonchev–Trinajstić information content (AvgIpc) is 2.78. The first-order chi connectivity index (χ1) is 15.2. The van der Waals surface area contributed by atoms with Gasteiger partial charge in [0.15, 0.2) is 0 Å². The summed E-state index contributed by atoms with van der Waals surface area (Å²) in [7, 11) is 2.82. The van der Waals surface area contributed by atoms with Crippen LogP contribution >= 0.6 is 11.6 Å². The zero-order chi connectivity index (χ0) is 23.4. The zero-order valence-electron chi connectivity index (χ0n) is 17.8. The summed E-state index contributed by atoms with van der Waals surface area (Å²) in [6.07, 6.45) is 1.79. The summed E-state index contributed by atoms with van der Waals surface area (Å²) in [6, 6.07) is 6.61. The van der Waals surface area contributed by atoms with Gasteiger partial charge in [-0.05, 0) is 43.2 Å². The van der Waals surface area contributed by atoms with Crippen LogP contribution in [-0.4, -0.2) is 32.5 Å². The molecule has 2 amide bonds. The number of hydrogen-bond donors (Lipinski definition) is 2. The Bertz CT molecular complexity index is 1310. The fraction of sp³-hybridized carbons (Fsp3) is 0.286. The maximum Gasteiger partial charge on any atom is 0.332 e. The van der Waals surface area contributed by atoms with Crippen molar-refractivity contribution in [2.45, 2.75) is 19.8 Å². The van der Waals surface area contributed by atoms with Crippen LogP contribution in [0.25, 0.3) is 11.0 Å². The van der Waals surface area contributed by atoms with Gasteiger partial charge in [-0.3, -0.25) is 34.4 Å². The normalized spacial score (nSPS) is 10.8. The van der Waals surface area contributed by atoms with E-state index in [9.17, 15) is 19.2 Å². The zero-order valence-corrected chi connectivity index (χ0v) is 18.5. The van der Waals surface area contributed by atoms with E-state index in [2.05, 4.69) is 15.8 Å². The molecule has 3 rings (SSSR count). The van der Waals surface area contributed by atoms with Gasteiger partial charge in [0.05, 0.1) is 17.6 Å². The third-order valence-corrected chi connectivity index (χ3v) is 5.05. The van der Waals surface area contributed by atoms with Crippen molar-refractivity contribution in [2.24, 2.45) is 14.1 Å². The number of pyridine rings is 1. The molecule has 2 aromatic heterocycles. The lowest BCUT2D eigenvalue weighted by Crippen LogP contribution is -2.42. The third kappa shape index (κ3) is 4.97. The second-order valence-electron chi connectivity index (χ2n) is 7.17. The minimum Gasteiger partial charge on any atom is -0.493 e. The number of aryl methyl sites for hydroxylation is 2. The van der Waals surface area contributed by atoms with Crippen molar-refractivity contribution in [3.8, 4) is 5.75 Å². The molecule has 0 aliphatic rings. The van der Waals surface area contributed by atoms with E-state index in [0.29, 0.717) is 23.8 Å². The maximum absolute atomic E-state index is 12.3. The molecule has 0 fully saturated rings. The summed E-state index contributed by atoms with van der Waals surface area (Å²) >= 11 is 5.90. The molecule has 11 heteroatoms. The van der Waals surface area contributed by atoms with E-state index in [4.69, 9.17) is 16.3 Å². The topological polar surface area (TPSA) is 124 Å². The highest BCUT2D eigenvalue weighted by atomic mass is 35.5. The molecule has 0 saturated heterocycles. The standard InChI is InChI=1S/C21H22ClN5O5/c1-12-9-14(22)6-7-16(12)32-8-4-5-17(28)24-25-19(29)13-10-15-18(23-11-13)26(2)21(31)27(3)20(15)30/h6-7,9-11H,4-5,8H2,1-3H3,(H,24,28)(H,25,29). The number of hydrogen-bond acceptors (Lipinski definition) is 6. The Morgan fingerprint density at radius 1 is 1.12 bits per heavy atom. The van der Waals surface area contributed by atoms with Crippen LogP contribution in [0.15, 0.2) is 40.1 Å². The molecule has 10 nitrogen and oxygen atoms in total. The van der Waals surface area contributed by atoms with Gasteiger partial charge in [0.25, 0.3) is 11.5 Å². The molecule has 0 atom stereocenters. The van der Waals surface area contributed by atoms with Gasteiger partial charge in [-0.25, -0.2) is 9.78 Å². The second kappa shape index (κ2) is 9.65. The summed E-state index contributed by atoms with van der Waals surface area (Å²) in [6.45, 7) is 2.20. The van der Waals surface area contributed by atoms with Crippen LogP contribution in [0.4, 0.5) is 0 Å². The number of ether oxygens (including phenoxy) is 1. The molecule has 0 unspecified atom stereocenters. The van der Waals surface area contributed by atoms with Crippen LogP contribution < -0.4 is 26.8 Å². The molecule has 0 saturated carbocycles. The molecule has 1 aromatic carbocycles. The monoisotopic (exact) mass is 459 g/mol. The number of aromatic nitrogens is 3. The Hall–Kier alpha value is -3.66. The quantitative estimate of drug-likeness (QED) is 0.422. The van der Waals surface area contributed by atoms with E-state index < -0.39 is 23.1 Å². The lowest BCUT2D eigenvalue weighted by atomic mass is 10.2. The molecular formula is C21H22ClN5O5. The van der Waals surface area contributed by atoms with Crippen molar-refractivity contribution in [1.82, 2.24) is 25.0 Å². The number of halogens is 1. The molecule has 0 bridgehead atoms. The van der Waals surface area contributed by atoms with Crippen molar-refractivity contribution in [3.05, 3.63) is 67.4 Å². The molecular weight excluding hydrogens is 438 g/mol. The third-order valence-electron chi connectivity index (χ3n) is 4.81. The highest BCUT2D eigenvalue weighted by Gasteiger charge is 2.14. The van der Waals surface area contributed by atoms with E-state index in [-0.39, 0.29) is 23.0 Å². The number of hydrazine groups is 1. The van der Waals surface area contributed by atoms with Gasteiger partial charge in [-0.15, -0.1) is 0 Å². The molecule has 2 heterocycles. The summed E-state index contributed by atoms with van der Waals surface area (Å²) in [5, 5.41) is 0.735. The number of rotatable bonds is 6. The van der Waals surface area contributed by atoms with Crippen molar-refractivity contribution in [2.75, 3.05) is 6.61 Å². The van der Waals surface area contributed by atoms with Crippen LogP contribution in [0, 0.1) is 6.92 Å². The maximum atomic E-state index is 12.3. The lowest BCUT2D eigenvalue weighted by molar-refractivity contribution is -0.122. The van der Waals surface area contributed by atoms with E-state index >= 15 is 0 Å². The van der Waals surface area contributed by atoms with E-state index in [1.165, 1.54) is 30.9 Å². The van der Waals surface area contributed by atoms with Gasteiger partial charge in [0.2, 0.25) is 5.91 Å². The fourth-order valence-corrected chi connectivity index (χ4v) is 3.27. The van der Waals surface area contributed by atoms with Crippen molar-refractivity contribution in [1.29, 1.82) is 0 Å². The SMILES string of the molecule is Cc1cc(Cl)ccc1OCCCC(=O)NNC(=O)c1cnc2c(c1)c(=O)n(C)c(=O)n2C. The number of benzene rings is 1. The number of carbonyl (C=O) groups excluding carboxylic acids is 2. The minimum absolute atomic E-state index is 0.0649. The molecule has 0 aliphatic heterocycles. The van der Waals surface area contributed by atoms with Crippen LogP contribution in [0.3, 0.4) is 0 Å². The van der Waals surface area contributed by atoms with Gasteiger partial charge >= 0.3 is 5.69 Å². The Morgan fingerprint density at radius 3 is 2.59 bits per heavy atom. The number of nitrogens with one attached hydrogen (secondary N) is 2. The predicted molar refractivity (Wildman–Crippen MR) is 119 cm³/mol. The molecule has 0 radical (unpaired) electrons. The van der Waals surface area contributed by atoms with Crippen molar-refractivity contribution >= 4 is 34.4 Å². The number of carbonyl (C=O) groups is 2. The fourth-order valence-electron chi connectivity index (χ4n) is 3.04. The first-order valence-corrected chi connectivity index (χ1v) is 10.1. The van der Waals surface area contributed by atoms with Crippen LogP contribution in [0.1, 0.15) is 28.8 Å². The molecule has 0 spiro atoms. The van der Waals surface area contributed by atoms with Gasteiger partial charge in [0.1, 0.15) is 11.4 Å². The molecule has 168 valence electrons. The molecule has 3 aromatic rings. The summed E-state index contributed by atoms with van der Waals surface area (Å²) in [5.41, 5.74) is 4.64. The predicted octanol–water partition coefficient (Wildman–Crippen LogP) is 1.21. The summed E-state index contributed by atoms with van der Waals surface area (Å²) in [4.78, 5) is 52.7. The van der Waals surface area contributed by atoms with Crippen molar-refractivity contribution in [3.63, 3.8) is 0 Å². The largest absolute Gasteiger partial charge is 0.493 e. The number of fused-ring (bicyclic) bond motifs is 1. The smallest absolute Gasteiger partial charge is 0.332 e. The van der Waals surface area contributed by atoms with E-state index in [0.717, 1.165) is 10.1 Å². The Balaban J connectivity index is 1.54. The first-order valence-electron chi connectivity index (χ1n) is 9.73. The molecule has 0 aliphatic carbocycles. The summed E-state index contributed by atoms with van der Waals surface area (Å²) < 4.78 is 7.77. The average molecular weight is 460 g/mol.